The highest BCUT2D eigenvalue weighted by molar-refractivity contribution is 14.1. The van der Waals surface area contributed by atoms with Crippen molar-refractivity contribution >= 4 is 40.1 Å². The first-order chi connectivity index (χ1) is 12.1. The quantitative estimate of drug-likeness (QED) is 0.562. The Morgan fingerprint density at radius 3 is 2.56 bits per heavy atom. The minimum atomic E-state index is 0.0906. The third-order valence-electron chi connectivity index (χ3n) is 4.34. The van der Waals surface area contributed by atoms with E-state index in [1.807, 2.05) is 42.2 Å². The molecule has 25 heavy (non-hydrogen) atoms. The molecule has 4 rings (SSSR count). The van der Waals surface area contributed by atoms with Crippen molar-refractivity contribution in [2.45, 2.75) is 6.92 Å². The largest absolute Gasteiger partial charge is 0.353 e. The zero-order valence-electron chi connectivity index (χ0n) is 13.8. The van der Waals surface area contributed by atoms with Crippen molar-refractivity contribution < 1.29 is 4.79 Å². The number of aryl methyl sites for hydroxylation is 1. The summed E-state index contributed by atoms with van der Waals surface area (Å²) in [4.78, 5) is 25.3. The molecule has 0 spiro atoms. The third kappa shape index (κ3) is 3.17. The number of nitrogens with zero attached hydrogens (tertiary/aromatic N) is 6. The molecule has 1 aliphatic rings. The second kappa shape index (κ2) is 6.58. The minimum absolute atomic E-state index is 0.0906. The molecular formula is C17H17IN6O. The van der Waals surface area contributed by atoms with Crippen LogP contribution in [0.15, 0.2) is 36.7 Å². The monoisotopic (exact) mass is 448 g/mol. The number of piperazine rings is 1. The zero-order valence-corrected chi connectivity index (χ0v) is 15.9. The van der Waals surface area contributed by atoms with E-state index < -0.39 is 0 Å². The van der Waals surface area contributed by atoms with Crippen molar-refractivity contribution in [2.75, 3.05) is 31.1 Å². The number of fused-ring (bicyclic) bond motifs is 1. The summed E-state index contributed by atoms with van der Waals surface area (Å²) >= 11 is 2.24. The van der Waals surface area contributed by atoms with Crippen LogP contribution in [0.3, 0.4) is 0 Å². The van der Waals surface area contributed by atoms with E-state index in [2.05, 4.69) is 42.6 Å². The van der Waals surface area contributed by atoms with Crippen LogP contribution in [-0.4, -0.2) is 56.6 Å². The van der Waals surface area contributed by atoms with Crippen LogP contribution >= 0.6 is 22.6 Å². The normalized spacial score (nSPS) is 15.0. The molecule has 8 heteroatoms. The molecule has 7 nitrogen and oxygen atoms in total. The zero-order chi connectivity index (χ0) is 17.4. The van der Waals surface area contributed by atoms with Gasteiger partial charge in [0.2, 0.25) is 0 Å². The fraction of sp³-hybridized carbons (Fsp3) is 0.294. The van der Waals surface area contributed by atoms with E-state index in [4.69, 9.17) is 0 Å². The molecule has 3 aromatic rings. The van der Waals surface area contributed by atoms with Gasteiger partial charge in [-0.3, -0.25) is 4.79 Å². The van der Waals surface area contributed by atoms with Crippen molar-refractivity contribution in [1.82, 2.24) is 24.5 Å². The standard InChI is InChI=1S/C17H17IN6O/c1-12-10-15(24-17(21-12)19-11-20-24)22-6-8-23(9-7-22)16(25)13-2-4-14(18)5-3-13/h2-5,10-11H,6-9H2,1H3. The lowest BCUT2D eigenvalue weighted by Gasteiger charge is -2.36. The van der Waals surface area contributed by atoms with E-state index in [1.54, 1.807) is 4.52 Å². The maximum absolute atomic E-state index is 12.6. The van der Waals surface area contributed by atoms with E-state index in [1.165, 1.54) is 6.33 Å². The SMILES string of the molecule is Cc1cc(N2CCN(C(=O)c3ccc(I)cc3)CC2)n2ncnc2n1. The predicted molar refractivity (Wildman–Crippen MR) is 103 cm³/mol. The summed E-state index contributed by atoms with van der Waals surface area (Å²) in [6.45, 7) is 4.84. The van der Waals surface area contributed by atoms with Crippen LogP contribution in [0.2, 0.25) is 0 Å². The van der Waals surface area contributed by atoms with Crippen LogP contribution in [0.4, 0.5) is 5.82 Å². The van der Waals surface area contributed by atoms with Gasteiger partial charge >= 0.3 is 0 Å². The highest BCUT2D eigenvalue weighted by atomic mass is 127. The van der Waals surface area contributed by atoms with E-state index in [0.29, 0.717) is 18.9 Å². The number of amides is 1. The fourth-order valence-corrected chi connectivity index (χ4v) is 3.41. The summed E-state index contributed by atoms with van der Waals surface area (Å²) in [5, 5.41) is 4.27. The first-order valence-corrected chi connectivity index (χ1v) is 9.17. The summed E-state index contributed by atoms with van der Waals surface area (Å²) in [6, 6.07) is 9.72. The van der Waals surface area contributed by atoms with Gasteiger partial charge < -0.3 is 9.80 Å². The molecule has 0 unspecified atom stereocenters. The van der Waals surface area contributed by atoms with Crippen molar-refractivity contribution in [2.24, 2.45) is 0 Å². The lowest BCUT2D eigenvalue weighted by Crippen LogP contribution is -2.49. The highest BCUT2D eigenvalue weighted by Gasteiger charge is 2.24. The van der Waals surface area contributed by atoms with Gasteiger partial charge in [0.15, 0.2) is 0 Å². The number of carbonyl (C=O) groups is 1. The summed E-state index contributed by atoms with van der Waals surface area (Å²) in [6.07, 6.45) is 1.52. The molecule has 128 valence electrons. The number of anilines is 1. The molecule has 0 atom stereocenters. The first-order valence-electron chi connectivity index (χ1n) is 8.09. The van der Waals surface area contributed by atoms with Gasteiger partial charge in [-0.1, -0.05) is 0 Å². The Morgan fingerprint density at radius 2 is 1.84 bits per heavy atom. The van der Waals surface area contributed by atoms with E-state index >= 15 is 0 Å². The summed E-state index contributed by atoms with van der Waals surface area (Å²) in [7, 11) is 0. The van der Waals surface area contributed by atoms with Crippen molar-refractivity contribution in [3.8, 4) is 0 Å². The lowest BCUT2D eigenvalue weighted by atomic mass is 10.2. The average molecular weight is 448 g/mol. The van der Waals surface area contributed by atoms with Gasteiger partial charge in [0.1, 0.15) is 12.1 Å². The Hall–Kier alpha value is -2.23. The van der Waals surface area contributed by atoms with Gasteiger partial charge in [0.05, 0.1) is 0 Å². The van der Waals surface area contributed by atoms with Crippen molar-refractivity contribution in [3.05, 3.63) is 51.5 Å². The molecule has 1 saturated heterocycles. The summed E-state index contributed by atoms with van der Waals surface area (Å²) < 4.78 is 2.88. The molecule has 0 saturated carbocycles. The number of halogens is 1. The van der Waals surface area contributed by atoms with Gasteiger partial charge in [0, 0.05) is 47.1 Å². The number of aromatic nitrogens is 4. The number of hydrogen-bond acceptors (Lipinski definition) is 5. The Bertz CT molecular complexity index is 915. The van der Waals surface area contributed by atoms with Crippen LogP contribution in [-0.2, 0) is 0 Å². The first kappa shape index (κ1) is 16.2. The van der Waals surface area contributed by atoms with Crippen molar-refractivity contribution in [3.63, 3.8) is 0 Å². The molecule has 1 aliphatic heterocycles. The molecule has 1 amide bonds. The van der Waals surface area contributed by atoms with Crippen LogP contribution in [0.25, 0.3) is 5.78 Å². The smallest absolute Gasteiger partial charge is 0.254 e. The van der Waals surface area contributed by atoms with Crippen LogP contribution in [0.1, 0.15) is 16.1 Å². The number of benzene rings is 1. The van der Waals surface area contributed by atoms with Crippen LogP contribution in [0, 0.1) is 10.5 Å². The summed E-state index contributed by atoms with van der Waals surface area (Å²) in [5.41, 5.74) is 1.65. The van der Waals surface area contributed by atoms with Gasteiger partial charge in [-0.25, -0.2) is 4.98 Å². The van der Waals surface area contributed by atoms with Gasteiger partial charge in [-0.2, -0.15) is 14.6 Å². The molecule has 2 aromatic heterocycles. The number of carbonyl (C=O) groups excluding carboxylic acids is 1. The Morgan fingerprint density at radius 1 is 1.12 bits per heavy atom. The van der Waals surface area contributed by atoms with Crippen LogP contribution < -0.4 is 4.90 Å². The highest BCUT2D eigenvalue weighted by Crippen LogP contribution is 2.19. The third-order valence-corrected chi connectivity index (χ3v) is 5.06. The van der Waals surface area contributed by atoms with E-state index in [-0.39, 0.29) is 5.91 Å². The minimum Gasteiger partial charge on any atom is -0.353 e. The molecule has 3 heterocycles. The number of rotatable bonds is 2. The van der Waals surface area contributed by atoms with Gasteiger partial charge in [0.25, 0.3) is 11.7 Å². The average Bonchev–Trinajstić information content (AvgIpc) is 3.09. The molecule has 0 N–H and O–H groups in total. The maximum Gasteiger partial charge on any atom is 0.254 e. The maximum atomic E-state index is 12.6. The Labute approximate surface area is 158 Å². The second-order valence-electron chi connectivity index (χ2n) is 6.01. The lowest BCUT2D eigenvalue weighted by molar-refractivity contribution is 0.0746. The molecular weight excluding hydrogens is 431 g/mol. The molecule has 0 aliphatic carbocycles. The fourth-order valence-electron chi connectivity index (χ4n) is 3.05. The summed E-state index contributed by atoms with van der Waals surface area (Å²) in [5.74, 6) is 1.67. The molecule has 1 fully saturated rings. The number of hydrogen-bond donors (Lipinski definition) is 0. The Kier molecular flexibility index (Phi) is 4.28. The molecule has 0 bridgehead atoms. The Balaban J connectivity index is 1.50. The van der Waals surface area contributed by atoms with Gasteiger partial charge in [-0.05, 0) is 53.8 Å². The molecule has 0 radical (unpaired) electrons. The molecule has 1 aromatic carbocycles. The van der Waals surface area contributed by atoms with Crippen molar-refractivity contribution in [1.29, 1.82) is 0 Å². The van der Waals surface area contributed by atoms with E-state index in [9.17, 15) is 4.79 Å². The second-order valence-corrected chi connectivity index (χ2v) is 7.26. The van der Waals surface area contributed by atoms with Gasteiger partial charge in [-0.15, -0.1) is 0 Å². The van der Waals surface area contributed by atoms with E-state index in [0.717, 1.165) is 33.7 Å². The van der Waals surface area contributed by atoms with Crippen LogP contribution in [0.5, 0.6) is 0 Å². The topological polar surface area (TPSA) is 66.6 Å². The predicted octanol–water partition coefficient (Wildman–Crippen LogP) is 2.00.